The van der Waals surface area contributed by atoms with Gasteiger partial charge >= 0.3 is 0 Å². The van der Waals surface area contributed by atoms with Gasteiger partial charge in [0, 0.05) is 25.0 Å². The molecule has 3 atom stereocenters. The van der Waals surface area contributed by atoms with Gasteiger partial charge in [0.05, 0.1) is 29.2 Å². The molecule has 0 unspecified atom stereocenters. The number of nitrogens with one attached hydrogen (secondary N) is 1. The van der Waals surface area contributed by atoms with E-state index >= 15 is 0 Å². The van der Waals surface area contributed by atoms with Crippen molar-refractivity contribution in [3.8, 4) is 0 Å². The Morgan fingerprint density at radius 1 is 1.27 bits per heavy atom. The normalized spacial score (nSPS) is 22.8. The number of aliphatic hydroxyl groups is 1. The highest BCUT2D eigenvalue weighted by Crippen LogP contribution is 2.31. The highest BCUT2D eigenvalue weighted by atomic mass is 16.3. The van der Waals surface area contributed by atoms with Gasteiger partial charge in [-0.25, -0.2) is 9.97 Å². The van der Waals surface area contributed by atoms with E-state index in [1.54, 1.807) is 18.3 Å². The molecule has 136 valence electrons. The van der Waals surface area contributed by atoms with Crippen LogP contribution in [0.2, 0.25) is 0 Å². The molecular formula is C19H23N5O2. The van der Waals surface area contributed by atoms with E-state index in [1.165, 1.54) is 0 Å². The molecule has 2 aromatic heterocycles. The molecule has 1 saturated carbocycles. The van der Waals surface area contributed by atoms with E-state index in [9.17, 15) is 9.90 Å². The van der Waals surface area contributed by atoms with Crippen molar-refractivity contribution < 1.29 is 9.90 Å². The second kappa shape index (κ2) is 6.25. The Labute approximate surface area is 151 Å². The van der Waals surface area contributed by atoms with Crippen LogP contribution >= 0.6 is 0 Å². The molecule has 26 heavy (non-hydrogen) atoms. The van der Waals surface area contributed by atoms with Gasteiger partial charge in [-0.05, 0) is 44.9 Å². The van der Waals surface area contributed by atoms with Crippen LogP contribution in [-0.4, -0.2) is 42.3 Å². The minimum absolute atomic E-state index is 0.0521. The quantitative estimate of drug-likeness (QED) is 0.753. The van der Waals surface area contributed by atoms with E-state index in [1.807, 2.05) is 42.3 Å². The fourth-order valence-electron chi connectivity index (χ4n) is 3.87. The lowest BCUT2D eigenvalue weighted by molar-refractivity contribution is 0.0812. The molecule has 0 spiro atoms. The monoisotopic (exact) mass is 353 g/mol. The van der Waals surface area contributed by atoms with Gasteiger partial charge in [0.25, 0.3) is 5.91 Å². The lowest BCUT2D eigenvalue weighted by Crippen LogP contribution is -2.42. The van der Waals surface area contributed by atoms with Crippen molar-refractivity contribution >= 4 is 16.9 Å². The largest absolute Gasteiger partial charge is 0.389 e. The van der Waals surface area contributed by atoms with Gasteiger partial charge < -0.3 is 19.6 Å². The topological polar surface area (TPSA) is 85.0 Å². The molecule has 0 radical (unpaired) electrons. The second-order valence-corrected chi connectivity index (χ2v) is 7.02. The summed E-state index contributed by atoms with van der Waals surface area (Å²) in [5.74, 6) is 1.60. The molecule has 3 aromatic rings. The number of hydrogen-bond acceptors (Lipinski definition) is 4. The van der Waals surface area contributed by atoms with Crippen LogP contribution in [0.15, 0.2) is 30.6 Å². The molecule has 2 N–H and O–H groups in total. The number of nitrogens with zero attached hydrogens (tertiary/aromatic N) is 4. The number of rotatable bonds is 3. The molecule has 0 aliphatic heterocycles. The summed E-state index contributed by atoms with van der Waals surface area (Å²) in [5, 5.41) is 13.7. The number of benzene rings is 1. The summed E-state index contributed by atoms with van der Waals surface area (Å²) < 4.78 is 3.98. The van der Waals surface area contributed by atoms with Crippen molar-refractivity contribution in [3.05, 3.63) is 47.8 Å². The van der Waals surface area contributed by atoms with Crippen molar-refractivity contribution in [2.45, 2.75) is 44.9 Å². The number of hydrogen-bond donors (Lipinski definition) is 2. The number of aliphatic hydroxyl groups excluding tert-OH is 1. The smallest absolute Gasteiger partial charge is 0.251 e. The number of carbonyl (C=O) groups excluding carboxylic acids is 1. The molecule has 0 saturated heterocycles. The standard InChI is InChI=1S/C19H23N5O2/c1-11-20-8-9-24(11)17-7-5-14(18(17)25)22-19(26)13-4-6-16-15(10-13)21-12(2)23(16)3/h4,6,8-10,14,17-18,25H,5,7H2,1-3H3,(H,22,26)/t14-,17-,18-/m1/s1. The second-order valence-electron chi connectivity index (χ2n) is 7.02. The van der Waals surface area contributed by atoms with Crippen molar-refractivity contribution in [2.24, 2.45) is 7.05 Å². The maximum Gasteiger partial charge on any atom is 0.251 e. The third-order valence-corrected chi connectivity index (χ3v) is 5.48. The number of amides is 1. The lowest BCUT2D eigenvalue weighted by Gasteiger charge is -2.22. The Morgan fingerprint density at radius 3 is 2.81 bits per heavy atom. The molecule has 7 heteroatoms. The summed E-state index contributed by atoms with van der Waals surface area (Å²) in [6.07, 6.45) is 4.53. The fraction of sp³-hybridized carbons (Fsp3) is 0.421. The highest BCUT2D eigenvalue weighted by Gasteiger charge is 2.37. The van der Waals surface area contributed by atoms with Gasteiger partial charge in [-0.1, -0.05) is 0 Å². The van der Waals surface area contributed by atoms with Crippen LogP contribution in [0.25, 0.3) is 11.0 Å². The van der Waals surface area contributed by atoms with Crippen LogP contribution in [-0.2, 0) is 7.05 Å². The third kappa shape index (κ3) is 2.68. The third-order valence-electron chi connectivity index (χ3n) is 5.48. The molecule has 1 fully saturated rings. The maximum absolute atomic E-state index is 12.7. The number of imidazole rings is 2. The molecule has 4 rings (SSSR count). The summed E-state index contributed by atoms with van der Waals surface area (Å²) in [6, 6.07) is 5.19. The van der Waals surface area contributed by atoms with Crippen molar-refractivity contribution in [1.29, 1.82) is 0 Å². The first kappa shape index (κ1) is 16.8. The van der Waals surface area contributed by atoms with Gasteiger partial charge in [0.15, 0.2) is 0 Å². The summed E-state index contributed by atoms with van der Waals surface area (Å²) in [5.41, 5.74) is 2.36. The van der Waals surface area contributed by atoms with Crippen molar-refractivity contribution in [3.63, 3.8) is 0 Å². The Bertz CT molecular complexity index is 974. The predicted octanol–water partition coefficient (Wildman–Crippen LogP) is 1.88. The fourth-order valence-corrected chi connectivity index (χ4v) is 3.87. The first-order valence-corrected chi connectivity index (χ1v) is 8.87. The highest BCUT2D eigenvalue weighted by molar-refractivity contribution is 5.97. The van der Waals surface area contributed by atoms with Crippen LogP contribution in [0.5, 0.6) is 0 Å². The van der Waals surface area contributed by atoms with Crippen LogP contribution in [0.3, 0.4) is 0 Å². The average Bonchev–Trinajstić information content (AvgIpc) is 3.27. The van der Waals surface area contributed by atoms with Crippen molar-refractivity contribution in [1.82, 2.24) is 24.4 Å². The van der Waals surface area contributed by atoms with E-state index in [0.717, 1.165) is 35.5 Å². The van der Waals surface area contributed by atoms with E-state index in [0.29, 0.717) is 5.56 Å². The predicted molar refractivity (Wildman–Crippen MR) is 97.9 cm³/mol. The first-order chi connectivity index (χ1) is 12.5. The van der Waals surface area contributed by atoms with Gasteiger partial charge in [-0.3, -0.25) is 4.79 Å². The minimum atomic E-state index is -0.632. The van der Waals surface area contributed by atoms with E-state index in [4.69, 9.17) is 0 Å². The Kier molecular flexibility index (Phi) is 4.03. The van der Waals surface area contributed by atoms with Crippen LogP contribution in [0.4, 0.5) is 0 Å². The molecule has 1 aliphatic rings. The summed E-state index contributed by atoms with van der Waals surface area (Å²) >= 11 is 0. The summed E-state index contributed by atoms with van der Waals surface area (Å²) in [7, 11) is 1.96. The molecule has 7 nitrogen and oxygen atoms in total. The van der Waals surface area contributed by atoms with Gasteiger partial charge in [0.1, 0.15) is 11.6 Å². The van der Waals surface area contributed by atoms with Gasteiger partial charge in [0.2, 0.25) is 0 Å². The Balaban J connectivity index is 1.51. The SMILES string of the molecule is Cc1nccn1[C@@H]1CC[C@@H](NC(=O)c2ccc3c(c2)nc(C)n3C)[C@H]1O. The Morgan fingerprint density at radius 2 is 2.08 bits per heavy atom. The molecule has 1 aromatic carbocycles. The van der Waals surface area contributed by atoms with Crippen LogP contribution in [0.1, 0.15) is 40.9 Å². The van der Waals surface area contributed by atoms with Gasteiger partial charge in [-0.15, -0.1) is 0 Å². The first-order valence-electron chi connectivity index (χ1n) is 8.87. The molecule has 1 amide bonds. The number of fused-ring (bicyclic) bond motifs is 1. The number of aromatic nitrogens is 4. The zero-order valence-electron chi connectivity index (χ0n) is 15.2. The lowest BCUT2D eigenvalue weighted by atomic mass is 10.1. The summed E-state index contributed by atoms with van der Waals surface area (Å²) in [4.78, 5) is 21.4. The molecule has 1 aliphatic carbocycles. The van der Waals surface area contributed by atoms with E-state index in [2.05, 4.69) is 15.3 Å². The number of aryl methyl sites for hydroxylation is 3. The summed E-state index contributed by atoms with van der Waals surface area (Å²) in [6.45, 7) is 3.86. The molecular weight excluding hydrogens is 330 g/mol. The zero-order chi connectivity index (χ0) is 18.4. The molecule has 2 heterocycles. The molecule has 0 bridgehead atoms. The zero-order valence-corrected chi connectivity index (χ0v) is 15.2. The van der Waals surface area contributed by atoms with Gasteiger partial charge in [-0.2, -0.15) is 0 Å². The number of carbonyl (C=O) groups is 1. The van der Waals surface area contributed by atoms with E-state index in [-0.39, 0.29) is 18.0 Å². The van der Waals surface area contributed by atoms with Crippen LogP contribution < -0.4 is 5.32 Å². The van der Waals surface area contributed by atoms with Crippen molar-refractivity contribution in [2.75, 3.05) is 0 Å². The maximum atomic E-state index is 12.7. The van der Waals surface area contributed by atoms with E-state index < -0.39 is 6.10 Å². The minimum Gasteiger partial charge on any atom is -0.389 e. The van der Waals surface area contributed by atoms with Crippen LogP contribution in [0, 0.1) is 13.8 Å². The average molecular weight is 353 g/mol. The Hall–Kier alpha value is -2.67.